The number of carbonyl (C=O) groups is 4. The highest BCUT2D eigenvalue weighted by Crippen LogP contribution is 2.40. The SMILES string of the molecule is Cc1ncsc1-c1ccc([C@H](C)NC(=O)[C@@H]2CCCN2C(=O)C(NC(=O)COC[C@H](O)[C@@H](O)COc2ccc(-c3ccc(N4C(=S)N(c5ccc(C#N)c(C(F)(F)F)c5)C(=O)C4(C)C)cc3)cc2)C(C)(C)C)cc1. The van der Waals surface area contributed by atoms with Crippen LogP contribution in [0.1, 0.15) is 82.8 Å². The van der Waals surface area contributed by atoms with Crippen molar-refractivity contribution in [2.45, 2.75) is 103 Å². The van der Waals surface area contributed by atoms with Gasteiger partial charge in [0.1, 0.15) is 48.8 Å². The maximum atomic E-state index is 14.1. The van der Waals surface area contributed by atoms with Gasteiger partial charge < -0.3 is 40.1 Å². The summed E-state index contributed by atoms with van der Waals surface area (Å²) in [4.78, 5) is 64.0. The molecule has 2 saturated heterocycles. The second-order valence-corrected chi connectivity index (χ2v) is 21.1. The number of likely N-dealkylation sites (tertiary alicyclic amines) is 1. The van der Waals surface area contributed by atoms with Crippen LogP contribution in [-0.4, -0.2) is 105 Å². The molecule has 74 heavy (non-hydrogen) atoms. The Bertz CT molecular complexity index is 2920. The number of rotatable bonds is 17. The maximum absolute atomic E-state index is 14.1. The number of hydrogen-bond acceptors (Lipinski definition) is 12. The van der Waals surface area contributed by atoms with Gasteiger partial charge in [-0.25, -0.2) is 4.98 Å². The van der Waals surface area contributed by atoms with Crippen molar-refractivity contribution in [3.05, 3.63) is 119 Å². The minimum absolute atomic E-state index is 0.0301. The van der Waals surface area contributed by atoms with Crippen LogP contribution in [0.15, 0.2) is 96.5 Å². The molecule has 2 fully saturated rings. The number of thiocarbonyl (C=S) groups is 1. The summed E-state index contributed by atoms with van der Waals surface area (Å²) in [5.41, 5.74) is 2.93. The van der Waals surface area contributed by atoms with Crippen molar-refractivity contribution < 1.29 is 52.0 Å². The zero-order valence-corrected chi connectivity index (χ0v) is 43.5. The van der Waals surface area contributed by atoms with Crippen LogP contribution in [0.2, 0.25) is 0 Å². The van der Waals surface area contributed by atoms with Gasteiger partial charge in [0.25, 0.3) is 5.91 Å². The summed E-state index contributed by atoms with van der Waals surface area (Å²) in [5, 5.41) is 36.4. The molecule has 1 unspecified atom stereocenters. The molecule has 2 aliphatic rings. The third kappa shape index (κ3) is 12.1. The summed E-state index contributed by atoms with van der Waals surface area (Å²) >= 11 is 7.22. The molecule has 20 heteroatoms. The number of alkyl halides is 3. The molecule has 390 valence electrons. The van der Waals surface area contributed by atoms with Gasteiger partial charge in [0.2, 0.25) is 17.7 Å². The van der Waals surface area contributed by atoms with E-state index in [9.17, 15) is 47.8 Å². The lowest BCUT2D eigenvalue weighted by Gasteiger charge is -2.35. The monoisotopic (exact) mass is 1050 g/mol. The number of nitriles is 1. The fraction of sp³-hybridized carbons (Fsp3) is 0.389. The van der Waals surface area contributed by atoms with Gasteiger partial charge in [-0.05, 0) is 123 Å². The van der Waals surface area contributed by atoms with Gasteiger partial charge >= 0.3 is 6.18 Å². The summed E-state index contributed by atoms with van der Waals surface area (Å²) in [6, 6.07) is 24.4. The molecule has 7 rings (SSSR count). The van der Waals surface area contributed by atoms with Gasteiger partial charge in [0.15, 0.2) is 5.11 Å². The molecule has 5 aromatic rings. The van der Waals surface area contributed by atoms with Gasteiger partial charge in [-0.2, -0.15) is 18.4 Å². The lowest BCUT2D eigenvalue weighted by Crippen LogP contribution is -2.58. The van der Waals surface area contributed by atoms with Crippen LogP contribution in [0, 0.1) is 23.7 Å². The Morgan fingerprint density at radius 2 is 1.53 bits per heavy atom. The number of aryl methyl sites for hydroxylation is 1. The molecule has 5 atom stereocenters. The molecule has 0 spiro atoms. The Balaban J connectivity index is 0.869. The van der Waals surface area contributed by atoms with Crippen LogP contribution in [-0.2, 0) is 30.1 Å². The van der Waals surface area contributed by atoms with Crippen molar-refractivity contribution in [2.75, 3.05) is 36.2 Å². The fourth-order valence-electron chi connectivity index (χ4n) is 8.90. The predicted octanol–water partition coefficient (Wildman–Crippen LogP) is 8.11. The lowest BCUT2D eigenvalue weighted by atomic mass is 9.85. The number of nitrogens with one attached hydrogen (secondary N) is 2. The topological polar surface area (TPSA) is 198 Å². The molecule has 0 aliphatic carbocycles. The molecule has 3 heterocycles. The minimum Gasteiger partial charge on any atom is -0.491 e. The van der Waals surface area contributed by atoms with E-state index in [0.29, 0.717) is 30.8 Å². The number of benzene rings is 4. The number of aliphatic hydroxyl groups excluding tert-OH is 2. The van der Waals surface area contributed by atoms with E-state index in [0.717, 1.165) is 49.9 Å². The molecule has 1 aromatic heterocycles. The Hall–Kier alpha value is -6.76. The van der Waals surface area contributed by atoms with Gasteiger partial charge in [0, 0.05) is 12.2 Å². The average molecular weight is 1050 g/mol. The average Bonchev–Trinajstić information content (AvgIpc) is 4.08. The lowest BCUT2D eigenvalue weighted by molar-refractivity contribution is -0.145. The van der Waals surface area contributed by atoms with Crippen molar-refractivity contribution in [1.82, 2.24) is 20.5 Å². The first kappa shape index (κ1) is 55.0. The van der Waals surface area contributed by atoms with Crippen LogP contribution in [0.25, 0.3) is 21.6 Å². The first-order valence-corrected chi connectivity index (χ1v) is 25.2. The smallest absolute Gasteiger partial charge is 0.417 e. The standard InChI is InChI=1S/C54H58F3N7O8S2/c1-31(33-10-12-36(13-11-33)46-32(2)59-30-74-46)60-48(68)42-9-8-24-62(42)49(69)47(52(3,4)5)61-45(67)29-71-27-43(65)44(66)28-72-40-22-17-35(18-23-40)34-14-19-38(20-15-34)64-51(73)63(50(70)53(64,6)7)39-21-16-37(26-58)41(25-39)54(55,56)57/h10-23,25,30-31,42-44,47,65-66H,8-9,24,27-29H2,1-7H3,(H,60,68)(H,61,67)/t31-,42-,43-,44-,47?/m0/s1. The molecule has 2 aliphatic heterocycles. The summed E-state index contributed by atoms with van der Waals surface area (Å²) in [5.74, 6) is -1.45. The molecule has 4 N–H and O–H groups in total. The van der Waals surface area contributed by atoms with Crippen LogP contribution in [0.4, 0.5) is 24.5 Å². The van der Waals surface area contributed by atoms with E-state index in [1.165, 1.54) is 11.0 Å². The molecular weight excluding hydrogens is 996 g/mol. The van der Waals surface area contributed by atoms with Crippen LogP contribution >= 0.6 is 23.6 Å². The molecule has 0 bridgehead atoms. The summed E-state index contributed by atoms with van der Waals surface area (Å²) in [6.45, 7) is 11.6. The first-order chi connectivity index (χ1) is 34.9. The number of ether oxygens (including phenoxy) is 2. The zero-order valence-electron chi connectivity index (χ0n) is 41.9. The van der Waals surface area contributed by atoms with Crippen molar-refractivity contribution in [1.29, 1.82) is 5.26 Å². The molecule has 4 amide bonds. The zero-order chi connectivity index (χ0) is 53.9. The Morgan fingerprint density at radius 3 is 2.12 bits per heavy atom. The van der Waals surface area contributed by atoms with Crippen LogP contribution in [0.3, 0.4) is 0 Å². The molecular formula is C54H58F3N7O8S2. The van der Waals surface area contributed by atoms with E-state index in [2.05, 4.69) is 15.6 Å². The van der Waals surface area contributed by atoms with Crippen molar-refractivity contribution >= 4 is 63.7 Å². The Morgan fingerprint density at radius 1 is 0.919 bits per heavy atom. The number of anilines is 2. The highest BCUT2D eigenvalue weighted by Gasteiger charge is 2.51. The van der Waals surface area contributed by atoms with E-state index in [-0.39, 0.29) is 29.4 Å². The van der Waals surface area contributed by atoms with Gasteiger partial charge in [-0.3, -0.25) is 24.1 Å². The third-order valence-corrected chi connectivity index (χ3v) is 14.4. The second kappa shape index (κ2) is 22.4. The van der Waals surface area contributed by atoms with Crippen molar-refractivity contribution in [2.24, 2.45) is 5.41 Å². The molecule has 0 radical (unpaired) electrons. The highest BCUT2D eigenvalue weighted by molar-refractivity contribution is 7.81. The van der Waals surface area contributed by atoms with E-state index in [4.69, 9.17) is 21.7 Å². The van der Waals surface area contributed by atoms with Crippen LogP contribution < -0.4 is 25.2 Å². The second-order valence-electron chi connectivity index (χ2n) is 19.9. The van der Waals surface area contributed by atoms with Gasteiger partial charge in [-0.15, -0.1) is 11.3 Å². The minimum atomic E-state index is -4.82. The molecule has 4 aromatic carbocycles. The number of amides is 4. The van der Waals surface area contributed by atoms with E-state index >= 15 is 0 Å². The fourth-order valence-corrected chi connectivity index (χ4v) is 10.2. The van der Waals surface area contributed by atoms with E-state index in [1.54, 1.807) is 90.2 Å². The van der Waals surface area contributed by atoms with Gasteiger partial charge in [0.05, 0.1) is 51.6 Å². The quantitative estimate of drug-likeness (QED) is 0.0654. The number of aliphatic hydroxyl groups is 2. The number of carbonyl (C=O) groups excluding carboxylic acids is 4. The maximum Gasteiger partial charge on any atom is 0.417 e. The summed E-state index contributed by atoms with van der Waals surface area (Å²) < 4.78 is 52.5. The molecule has 0 saturated carbocycles. The molecule has 15 nitrogen and oxygen atoms in total. The number of halogens is 3. The number of nitrogens with zero attached hydrogens (tertiary/aromatic N) is 5. The van der Waals surface area contributed by atoms with Crippen LogP contribution in [0.5, 0.6) is 5.75 Å². The van der Waals surface area contributed by atoms with Crippen molar-refractivity contribution in [3.8, 4) is 33.4 Å². The Kier molecular flexibility index (Phi) is 16.6. The number of thiazole rings is 1. The highest BCUT2D eigenvalue weighted by atomic mass is 32.1. The normalized spacial score (nSPS) is 17.4. The third-order valence-electron chi connectivity index (χ3n) is 13.1. The van der Waals surface area contributed by atoms with E-state index in [1.807, 2.05) is 58.9 Å². The first-order valence-electron chi connectivity index (χ1n) is 23.9. The predicted molar refractivity (Wildman–Crippen MR) is 278 cm³/mol. The van der Waals surface area contributed by atoms with Gasteiger partial charge in [-0.1, -0.05) is 69.3 Å². The van der Waals surface area contributed by atoms with Crippen molar-refractivity contribution in [3.63, 3.8) is 0 Å². The Labute approximate surface area is 436 Å². The number of aromatic nitrogens is 1. The van der Waals surface area contributed by atoms with E-state index < -0.39 is 83.5 Å². The largest absolute Gasteiger partial charge is 0.491 e. The summed E-state index contributed by atoms with van der Waals surface area (Å²) in [7, 11) is 0. The number of hydrogen-bond donors (Lipinski definition) is 4. The summed E-state index contributed by atoms with van der Waals surface area (Å²) in [6.07, 6.45) is -6.55.